The maximum Gasteiger partial charge on any atom is 0.349 e. The van der Waals surface area contributed by atoms with Gasteiger partial charge < -0.3 is 14.4 Å². The molecule has 1 aromatic heterocycles. The number of carbonyl (C=O) groups is 2. The van der Waals surface area contributed by atoms with Gasteiger partial charge in [-0.3, -0.25) is 4.79 Å². The number of benzene rings is 2. The number of nitrogens with zero attached hydrogens (tertiary/aromatic N) is 2. The maximum atomic E-state index is 12.6. The quantitative estimate of drug-likeness (QED) is 0.464. The van der Waals surface area contributed by atoms with Crippen LogP contribution in [0.4, 0.5) is 5.69 Å². The molecule has 6 nitrogen and oxygen atoms in total. The summed E-state index contributed by atoms with van der Waals surface area (Å²) in [7, 11) is 1.70. The molecule has 0 aliphatic rings. The molecule has 148 valence electrons. The smallest absolute Gasteiger partial charge is 0.349 e. The molecule has 1 heterocycles. The minimum Gasteiger partial charge on any atom is -0.477 e. The first-order valence-corrected chi connectivity index (χ1v) is 9.24. The Kier molecular flexibility index (Phi) is 6.24. The number of aromatic nitrogens is 1. The summed E-state index contributed by atoms with van der Waals surface area (Å²) in [5.41, 5.74) is 2.64. The van der Waals surface area contributed by atoms with Crippen molar-refractivity contribution in [1.82, 2.24) is 4.98 Å². The molecule has 29 heavy (non-hydrogen) atoms. The van der Waals surface area contributed by atoms with Crippen LogP contribution < -0.4 is 14.4 Å². The fourth-order valence-electron chi connectivity index (χ4n) is 2.70. The highest BCUT2D eigenvalue weighted by Crippen LogP contribution is 2.22. The van der Waals surface area contributed by atoms with Crippen LogP contribution in [0, 0.1) is 6.92 Å². The van der Waals surface area contributed by atoms with Gasteiger partial charge in [0.1, 0.15) is 11.3 Å². The number of carbonyl (C=O) groups excluding carboxylic acids is 2. The van der Waals surface area contributed by atoms with Crippen LogP contribution in [0.15, 0.2) is 66.9 Å². The van der Waals surface area contributed by atoms with Crippen molar-refractivity contribution < 1.29 is 19.1 Å². The van der Waals surface area contributed by atoms with Crippen molar-refractivity contribution in [2.24, 2.45) is 0 Å². The Hall–Kier alpha value is -3.67. The third kappa shape index (κ3) is 4.79. The zero-order valence-corrected chi connectivity index (χ0v) is 16.6. The largest absolute Gasteiger partial charge is 0.477 e. The van der Waals surface area contributed by atoms with Crippen LogP contribution in [0.2, 0.25) is 0 Å². The van der Waals surface area contributed by atoms with Crippen molar-refractivity contribution in [3.05, 3.63) is 83.6 Å². The Labute approximate surface area is 169 Å². The molecule has 0 N–H and O–H groups in total. The van der Waals surface area contributed by atoms with Gasteiger partial charge in [-0.1, -0.05) is 17.7 Å². The third-order valence-corrected chi connectivity index (χ3v) is 4.31. The second kappa shape index (κ2) is 9.01. The van der Waals surface area contributed by atoms with Crippen molar-refractivity contribution in [3.8, 4) is 11.6 Å². The van der Waals surface area contributed by atoms with Gasteiger partial charge >= 0.3 is 5.97 Å². The van der Waals surface area contributed by atoms with E-state index >= 15 is 0 Å². The average molecular weight is 390 g/mol. The Bertz CT molecular complexity index is 998. The van der Waals surface area contributed by atoms with Crippen LogP contribution in [0.1, 0.15) is 33.2 Å². The van der Waals surface area contributed by atoms with Crippen molar-refractivity contribution in [1.29, 1.82) is 0 Å². The summed E-state index contributed by atoms with van der Waals surface area (Å²) >= 11 is 0. The number of hydrogen-bond donors (Lipinski definition) is 0. The molecule has 0 aliphatic carbocycles. The topological polar surface area (TPSA) is 68.7 Å². The van der Waals surface area contributed by atoms with Gasteiger partial charge in [-0.25, -0.2) is 9.78 Å². The predicted molar refractivity (Wildman–Crippen MR) is 111 cm³/mol. The normalized spacial score (nSPS) is 10.3. The lowest BCUT2D eigenvalue weighted by Crippen LogP contribution is -2.26. The first-order chi connectivity index (χ1) is 14.0. The van der Waals surface area contributed by atoms with Crippen LogP contribution in [0.5, 0.6) is 11.6 Å². The van der Waals surface area contributed by atoms with Gasteiger partial charge in [0, 0.05) is 24.5 Å². The van der Waals surface area contributed by atoms with E-state index in [2.05, 4.69) is 4.98 Å². The van der Waals surface area contributed by atoms with Crippen LogP contribution in [-0.4, -0.2) is 30.5 Å². The molecule has 3 aromatic rings. The van der Waals surface area contributed by atoms with E-state index in [0.717, 1.165) is 5.56 Å². The minimum absolute atomic E-state index is 0.119. The summed E-state index contributed by atoms with van der Waals surface area (Å²) < 4.78 is 10.8. The second-order valence-electron chi connectivity index (χ2n) is 6.40. The van der Waals surface area contributed by atoms with Gasteiger partial charge in [-0.15, -0.1) is 0 Å². The molecule has 0 saturated carbocycles. The van der Waals surface area contributed by atoms with Gasteiger partial charge in [-0.2, -0.15) is 0 Å². The van der Waals surface area contributed by atoms with E-state index in [1.807, 2.05) is 26.0 Å². The number of ether oxygens (including phenoxy) is 2. The fourth-order valence-corrected chi connectivity index (χ4v) is 2.70. The zero-order chi connectivity index (χ0) is 20.8. The summed E-state index contributed by atoms with van der Waals surface area (Å²) in [4.78, 5) is 30.7. The molecule has 0 bridgehead atoms. The first-order valence-electron chi connectivity index (χ1n) is 9.24. The number of pyridine rings is 1. The summed E-state index contributed by atoms with van der Waals surface area (Å²) in [6.07, 6.45) is 1.55. The van der Waals surface area contributed by atoms with Gasteiger partial charge in [0.05, 0.1) is 6.61 Å². The van der Waals surface area contributed by atoms with E-state index in [0.29, 0.717) is 23.6 Å². The Morgan fingerprint density at radius 2 is 1.69 bits per heavy atom. The standard InChI is InChI=1S/C23H22N2O4/c1-4-28-21-20(6-5-15-24-21)23(27)29-19-13-11-18(12-14-19)25(3)22(26)17-9-7-16(2)8-10-17/h5-15H,4H2,1-3H3. The summed E-state index contributed by atoms with van der Waals surface area (Å²) in [5, 5.41) is 0. The summed E-state index contributed by atoms with van der Waals surface area (Å²) in [5.74, 6) is -0.0777. The van der Waals surface area contributed by atoms with E-state index in [1.165, 1.54) is 0 Å². The molecule has 0 saturated heterocycles. The third-order valence-electron chi connectivity index (χ3n) is 4.31. The average Bonchev–Trinajstić information content (AvgIpc) is 2.74. The molecule has 2 aromatic carbocycles. The number of amides is 1. The lowest BCUT2D eigenvalue weighted by atomic mass is 10.1. The molecule has 1 amide bonds. The molecular weight excluding hydrogens is 368 g/mol. The fraction of sp³-hybridized carbons (Fsp3) is 0.174. The van der Waals surface area contributed by atoms with E-state index in [4.69, 9.17) is 9.47 Å². The van der Waals surface area contributed by atoms with Crippen LogP contribution in [0.3, 0.4) is 0 Å². The monoisotopic (exact) mass is 390 g/mol. The lowest BCUT2D eigenvalue weighted by molar-refractivity contribution is 0.0729. The molecule has 0 atom stereocenters. The molecular formula is C23H22N2O4. The van der Waals surface area contributed by atoms with Gasteiger partial charge in [-0.05, 0) is 62.4 Å². The van der Waals surface area contributed by atoms with Crippen molar-refractivity contribution in [2.75, 3.05) is 18.6 Å². The minimum atomic E-state index is -0.557. The number of hydrogen-bond acceptors (Lipinski definition) is 5. The Balaban J connectivity index is 1.71. The maximum absolute atomic E-state index is 12.6. The predicted octanol–water partition coefficient (Wildman–Crippen LogP) is 4.28. The molecule has 0 radical (unpaired) electrons. The van der Waals surface area contributed by atoms with Gasteiger partial charge in [0.15, 0.2) is 0 Å². The SMILES string of the molecule is CCOc1ncccc1C(=O)Oc1ccc(N(C)C(=O)c2ccc(C)cc2)cc1. The number of anilines is 1. The van der Waals surface area contributed by atoms with Crippen LogP contribution in [-0.2, 0) is 0 Å². The van der Waals surface area contributed by atoms with Crippen molar-refractivity contribution >= 4 is 17.6 Å². The summed E-state index contributed by atoms with van der Waals surface area (Å²) in [6, 6.07) is 17.4. The lowest BCUT2D eigenvalue weighted by Gasteiger charge is -2.18. The van der Waals surface area contributed by atoms with Gasteiger partial charge in [0.25, 0.3) is 5.91 Å². The molecule has 0 unspecified atom stereocenters. The molecule has 3 rings (SSSR count). The zero-order valence-electron chi connectivity index (χ0n) is 16.6. The number of aryl methyl sites for hydroxylation is 1. The van der Waals surface area contributed by atoms with Crippen molar-refractivity contribution in [2.45, 2.75) is 13.8 Å². The van der Waals surface area contributed by atoms with Crippen molar-refractivity contribution in [3.63, 3.8) is 0 Å². The Morgan fingerprint density at radius 3 is 2.34 bits per heavy atom. The first kappa shape index (κ1) is 20.1. The highest BCUT2D eigenvalue weighted by molar-refractivity contribution is 6.05. The van der Waals surface area contributed by atoms with E-state index in [9.17, 15) is 9.59 Å². The molecule has 6 heteroatoms. The van der Waals surface area contributed by atoms with Crippen LogP contribution in [0.25, 0.3) is 0 Å². The molecule has 0 spiro atoms. The summed E-state index contributed by atoms with van der Waals surface area (Å²) in [6.45, 7) is 4.19. The van der Waals surface area contributed by atoms with Gasteiger partial charge in [0.2, 0.25) is 5.88 Å². The second-order valence-corrected chi connectivity index (χ2v) is 6.40. The van der Waals surface area contributed by atoms with Crippen LogP contribution >= 0.6 is 0 Å². The molecule has 0 aliphatic heterocycles. The highest BCUT2D eigenvalue weighted by atomic mass is 16.5. The Morgan fingerprint density at radius 1 is 1.00 bits per heavy atom. The van der Waals surface area contributed by atoms with E-state index < -0.39 is 5.97 Å². The molecule has 0 fully saturated rings. The number of rotatable bonds is 6. The number of esters is 1. The van der Waals surface area contributed by atoms with E-state index in [1.54, 1.807) is 66.7 Å². The van der Waals surface area contributed by atoms with E-state index in [-0.39, 0.29) is 17.4 Å². The highest BCUT2D eigenvalue weighted by Gasteiger charge is 2.17.